The largest absolute Gasteiger partial charge is 0.375 e. The van der Waals surface area contributed by atoms with Gasteiger partial charge >= 0.3 is 0 Å². The fourth-order valence-electron chi connectivity index (χ4n) is 2.41. The molecule has 0 radical (unpaired) electrons. The van der Waals surface area contributed by atoms with E-state index in [-0.39, 0.29) is 0 Å². The lowest BCUT2D eigenvalue weighted by Gasteiger charge is -2.17. The van der Waals surface area contributed by atoms with Crippen molar-refractivity contribution in [1.82, 2.24) is 14.7 Å². The molecule has 2 aromatic rings. The first kappa shape index (κ1) is 16.0. The third-order valence-electron chi connectivity index (χ3n) is 3.81. The summed E-state index contributed by atoms with van der Waals surface area (Å²) in [6.45, 7) is 10.8. The molecule has 0 aliphatic rings. The number of likely N-dealkylation sites (N-methyl/N-ethyl adjacent to an activating group) is 1. The van der Waals surface area contributed by atoms with Crippen molar-refractivity contribution in [2.24, 2.45) is 0 Å². The Labute approximate surface area is 131 Å². The van der Waals surface area contributed by atoms with Gasteiger partial charge in [-0.1, -0.05) is 26.8 Å². The van der Waals surface area contributed by atoms with Gasteiger partial charge in [0.05, 0.1) is 24.5 Å². The minimum absolute atomic E-state index is 0.380. The molecule has 0 saturated carbocycles. The van der Waals surface area contributed by atoms with E-state index in [0.29, 0.717) is 6.04 Å². The fourth-order valence-corrected chi connectivity index (χ4v) is 3.27. The Bertz CT molecular complexity index is 502. The number of rotatable bonds is 9. The van der Waals surface area contributed by atoms with E-state index in [1.807, 2.05) is 10.9 Å². The van der Waals surface area contributed by atoms with Crippen LogP contribution in [0.15, 0.2) is 29.9 Å². The van der Waals surface area contributed by atoms with Gasteiger partial charge in [-0.2, -0.15) is 5.10 Å². The van der Waals surface area contributed by atoms with Gasteiger partial charge in [0.1, 0.15) is 0 Å². The van der Waals surface area contributed by atoms with Crippen molar-refractivity contribution in [3.8, 4) is 0 Å². The minimum atomic E-state index is 0.380. The first-order valence-corrected chi connectivity index (χ1v) is 8.69. The summed E-state index contributed by atoms with van der Waals surface area (Å²) in [4.78, 5) is 3.79. The summed E-state index contributed by atoms with van der Waals surface area (Å²) in [7, 11) is 0. The molecule has 116 valence electrons. The molecular weight excluding hydrogens is 280 g/mol. The molecule has 1 atom stereocenters. The van der Waals surface area contributed by atoms with Crippen LogP contribution in [-0.4, -0.2) is 34.3 Å². The van der Waals surface area contributed by atoms with Crippen LogP contribution < -0.4 is 5.32 Å². The van der Waals surface area contributed by atoms with E-state index in [2.05, 4.69) is 59.8 Å². The standard InChI is InChI=1S/C16H26N4S/c1-4-15(16-8-7-11-21-16)18-14-12-17-20(13-14)10-9-19(5-2)6-3/h7-8,11-13,15,18H,4-6,9-10H2,1-3H3. The molecule has 0 aliphatic carbocycles. The van der Waals surface area contributed by atoms with Crippen LogP contribution in [0.3, 0.4) is 0 Å². The van der Waals surface area contributed by atoms with Gasteiger partial charge in [0.25, 0.3) is 0 Å². The van der Waals surface area contributed by atoms with E-state index in [1.54, 1.807) is 11.3 Å². The SMILES string of the molecule is CCC(Nc1cnn(CCN(CC)CC)c1)c1cccs1. The molecule has 5 heteroatoms. The van der Waals surface area contributed by atoms with Crippen molar-refractivity contribution < 1.29 is 0 Å². The molecule has 0 bridgehead atoms. The quantitative estimate of drug-likeness (QED) is 0.764. The Morgan fingerprint density at radius 1 is 1.33 bits per heavy atom. The van der Waals surface area contributed by atoms with Gasteiger partial charge in [0, 0.05) is 17.6 Å². The van der Waals surface area contributed by atoms with E-state index in [1.165, 1.54) is 4.88 Å². The minimum Gasteiger partial charge on any atom is -0.375 e. The van der Waals surface area contributed by atoms with Gasteiger partial charge in [-0.15, -0.1) is 11.3 Å². The second kappa shape index (κ2) is 8.20. The van der Waals surface area contributed by atoms with Gasteiger partial charge in [-0.3, -0.25) is 4.68 Å². The van der Waals surface area contributed by atoms with Crippen LogP contribution in [0.1, 0.15) is 38.1 Å². The topological polar surface area (TPSA) is 33.1 Å². The number of nitrogens with one attached hydrogen (secondary N) is 1. The highest BCUT2D eigenvalue weighted by Crippen LogP contribution is 2.25. The summed E-state index contributed by atoms with van der Waals surface area (Å²) in [6.07, 6.45) is 5.11. The highest BCUT2D eigenvalue weighted by Gasteiger charge is 2.11. The van der Waals surface area contributed by atoms with Gasteiger partial charge in [-0.05, 0) is 31.0 Å². The molecule has 0 aromatic carbocycles. The van der Waals surface area contributed by atoms with E-state index in [0.717, 1.165) is 38.3 Å². The zero-order valence-corrected chi connectivity index (χ0v) is 14.1. The Balaban J connectivity index is 1.90. The number of anilines is 1. The van der Waals surface area contributed by atoms with Crippen LogP contribution in [0, 0.1) is 0 Å². The average Bonchev–Trinajstić information content (AvgIpc) is 3.17. The molecule has 0 saturated heterocycles. The van der Waals surface area contributed by atoms with Crippen molar-refractivity contribution in [2.45, 2.75) is 39.8 Å². The lowest BCUT2D eigenvalue weighted by molar-refractivity contribution is 0.285. The second-order valence-corrected chi connectivity index (χ2v) is 6.12. The lowest BCUT2D eigenvalue weighted by Crippen LogP contribution is -2.27. The first-order valence-electron chi connectivity index (χ1n) is 7.81. The summed E-state index contributed by atoms with van der Waals surface area (Å²) in [5.74, 6) is 0. The zero-order valence-electron chi connectivity index (χ0n) is 13.2. The van der Waals surface area contributed by atoms with Crippen LogP contribution >= 0.6 is 11.3 Å². The van der Waals surface area contributed by atoms with Crippen molar-refractivity contribution in [2.75, 3.05) is 25.0 Å². The predicted molar refractivity (Wildman–Crippen MR) is 91.0 cm³/mol. The summed E-state index contributed by atoms with van der Waals surface area (Å²) in [6, 6.07) is 4.68. The monoisotopic (exact) mass is 306 g/mol. The average molecular weight is 306 g/mol. The summed E-state index contributed by atoms with van der Waals surface area (Å²) in [5, 5.41) is 10.2. The molecular formula is C16H26N4S. The Hall–Kier alpha value is -1.33. The number of hydrogen-bond acceptors (Lipinski definition) is 4. The molecule has 21 heavy (non-hydrogen) atoms. The van der Waals surface area contributed by atoms with E-state index < -0.39 is 0 Å². The van der Waals surface area contributed by atoms with Gasteiger partial charge in [0.15, 0.2) is 0 Å². The molecule has 2 rings (SSSR count). The Morgan fingerprint density at radius 2 is 2.14 bits per heavy atom. The molecule has 0 spiro atoms. The maximum absolute atomic E-state index is 4.46. The van der Waals surface area contributed by atoms with Crippen molar-refractivity contribution in [1.29, 1.82) is 0 Å². The molecule has 0 aliphatic heterocycles. The van der Waals surface area contributed by atoms with Gasteiger partial charge in [-0.25, -0.2) is 0 Å². The van der Waals surface area contributed by atoms with E-state index in [9.17, 15) is 0 Å². The molecule has 0 amide bonds. The normalized spacial score (nSPS) is 12.8. The zero-order chi connectivity index (χ0) is 15.1. The number of hydrogen-bond donors (Lipinski definition) is 1. The van der Waals surface area contributed by atoms with Crippen LogP contribution in [0.4, 0.5) is 5.69 Å². The maximum atomic E-state index is 4.46. The highest BCUT2D eigenvalue weighted by atomic mass is 32.1. The third-order valence-corrected chi connectivity index (χ3v) is 4.79. The molecule has 2 heterocycles. The lowest BCUT2D eigenvalue weighted by atomic mass is 10.2. The van der Waals surface area contributed by atoms with Gasteiger partial charge < -0.3 is 10.2 Å². The van der Waals surface area contributed by atoms with Crippen molar-refractivity contribution in [3.05, 3.63) is 34.8 Å². The van der Waals surface area contributed by atoms with E-state index in [4.69, 9.17) is 0 Å². The Kier molecular flexibility index (Phi) is 6.26. The maximum Gasteiger partial charge on any atom is 0.0731 e. The molecule has 1 unspecified atom stereocenters. The molecule has 2 aromatic heterocycles. The van der Waals surface area contributed by atoms with Gasteiger partial charge in [0.2, 0.25) is 0 Å². The summed E-state index contributed by atoms with van der Waals surface area (Å²) < 4.78 is 2.03. The summed E-state index contributed by atoms with van der Waals surface area (Å²) in [5.41, 5.74) is 1.11. The van der Waals surface area contributed by atoms with E-state index >= 15 is 0 Å². The predicted octanol–water partition coefficient (Wildman–Crippen LogP) is 3.85. The smallest absolute Gasteiger partial charge is 0.0731 e. The fraction of sp³-hybridized carbons (Fsp3) is 0.562. The first-order chi connectivity index (χ1) is 10.3. The second-order valence-electron chi connectivity index (χ2n) is 5.14. The summed E-state index contributed by atoms with van der Waals surface area (Å²) >= 11 is 1.81. The molecule has 1 N–H and O–H groups in total. The van der Waals surface area contributed by atoms with Crippen LogP contribution in [0.5, 0.6) is 0 Å². The number of aromatic nitrogens is 2. The highest BCUT2D eigenvalue weighted by molar-refractivity contribution is 7.10. The number of nitrogens with zero attached hydrogens (tertiary/aromatic N) is 3. The van der Waals surface area contributed by atoms with Crippen molar-refractivity contribution >= 4 is 17.0 Å². The van der Waals surface area contributed by atoms with Crippen LogP contribution in [0.25, 0.3) is 0 Å². The third kappa shape index (κ3) is 4.58. The Morgan fingerprint density at radius 3 is 2.76 bits per heavy atom. The molecule has 0 fully saturated rings. The van der Waals surface area contributed by atoms with Crippen LogP contribution in [0.2, 0.25) is 0 Å². The van der Waals surface area contributed by atoms with Crippen LogP contribution in [-0.2, 0) is 6.54 Å². The van der Waals surface area contributed by atoms with Crippen molar-refractivity contribution in [3.63, 3.8) is 0 Å². The number of thiophene rings is 1. The molecule has 4 nitrogen and oxygen atoms in total.